The molecular formula is C22H26F2N6O3S. The van der Waals surface area contributed by atoms with Gasteiger partial charge in [0.15, 0.2) is 0 Å². The zero-order valence-corrected chi connectivity index (χ0v) is 19.5. The number of thiazole rings is 1. The van der Waals surface area contributed by atoms with Gasteiger partial charge in [-0.15, -0.1) is 11.3 Å². The van der Waals surface area contributed by atoms with Crippen molar-refractivity contribution < 1.29 is 23.4 Å². The highest BCUT2D eigenvalue weighted by Gasteiger charge is 2.29. The number of halogens is 2. The van der Waals surface area contributed by atoms with Crippen LogP contribution in [-0.2, 0) is 4.74 Å². The monoisotopic (exact) mass is 492 g/mol. The minimum Gasteiger partial charge on any atom is -0.387 e. The lowest BCUT2D eigenvalue weighted by Crippen LogP contribution is -2.42. The van der Waals surface area contributed by atoms with E-state index in [0.717, 1.165) is 10.3 Å². The number of carbonyl (C=O) groups excluding carboxylic acids is 1. The first kappa shape index (κ1) is 24.2. The normalized spacial score (nSPS) is 19.6. The van der Waals surface area contributed by atoms with Crippen LogP contribution in [0.5, 0.6) is 0 Å². The molecule has 0 spiro atoms. The lowest BCUT2D eigenvalue weighted by Gasteiger charge is -2.28. The average Bonchev–Trinajstić information content (AvgIpc) is 3.26. The van der Waals surface area contributed by atoms with Gasteiger partial charge in [-0.1, -0.05) is 0 Å². The zero-order chi connectivity index (χ0) is 24.3. The molecule has 0 aliphatic carbocycles. The Hall–Kier alpha value is -2.96. The molecule has 1 saturated heterocycles. The van der Waals surface area contributed by atoms with Gasteiger partial charge in [-0.2, -0.15) is 0 Å². The van der Waals surface area contributed by atoms with Gasteiger partial charge in [0.25, 0.3) is 5.91 Å². The Balaban J connectivity index is 1.57. The van der Waals surface area contributed by atoms with Crippen LogP contribution < -0.4 is 16.0 Å². The summed E-state index contributed by atoms with van der Waals surface area (Å²) in [6.07, 6.45) is -1.17. The van der Waals surface area contributed by atoms with E-state index in [0.29, 0.717) is 30.4 Å². The van der Waals surface area contributed by atoms with Crippen molar-refractivity contribution in [1.29, 1.82) is 0 Å². The number of anilines is 3. The van der Waals surface area contributed by atoms with E-state index in [1.54, 1.807) is 17.6 Å². The number of nitrogens with one attached hydrogen (secondary N) is 3. The molecule has 34 heavy (non-hydrogen) atoms. The molecule has 3 atom stereocenters. The van der Waals surface area contributed by atoms with E-state index in [-0.39, 0.29) is 18.7 Å². The molecule has 4 heterocycles. The number of rotatable bonds is 8. The molecule has 4 N–H and O–H groups in total. The third-order valence-electron chi connectivity index (χ3n) is 5.44. The van der Waals surface area contributed by atoms with E-state index < -0.39 is 29.9 Å². The van der Waals surface area contributed by atoms with E-state index in [1.807, 2.05) is 6.07 Å². The summed E-state index contributed by atoms with van der Waals surface area (Å²) in [6.45, 7) is 2.61. The van der Waals surface area contributed by atoms with Crippen LogP contribution >= 0.6 is 11.3 Å². The number of nitrogens with zero attached hydrogens (tertiary/aromatic N) is 3. The molecule has 1 fully saturated rings. The fourth-order valence-electron chi connectivity index (χ4n) is 3.37. The second-order valence-corrected chi connectivity index (χ2v) is 9.41. The molecule has 1 aliphatic rings. The number of pyridine rings is 2. The zero-order valence-electron chi connectivity index (χ0n) is 18.7. The largest absolute Gasteiger partial charge is 0.387 e. The molecule has 3 aromatic rings. The van der Waals surface area contributed by atoms with Crippen LogP contribution in [0.15, 0.2) is 29.9 Å². The molecule has 4 rings (SSSR count). The first-order chi connectivity index (χ1) is 16.2. The summed E-state index contributed by atoms with van der Waals surface area (Å²) in [4.78, 5) is 26.5. The van der Waals surface area contributed by atoms with Crippen LogP contribution in [0.4, 0.5) is 26.1 Å². The van der Waals surface area contributed by atoms with Crippen LogP contribution in [0.2, 0.25) is 0 Å². The minimum atomic E-state index is -1.67. The SMILES string of the molecule is CC(C)(O)C(F)CNC(=O)c1cnc(Nc2ccc3ncsc3n2)cc1NC1CCOCC1F. The van der Waals surface area contributed by atoms with Gasteiger partial charge >= 0.3 is 0 Å². The van der Waals surface area contributed by atoms with Crippen LogP contribution in [0.3, 0.4) is 0 Å². The first-order valence-electron chi connectivity index (χ1n) is 10.8. The van der Waals surface area contributed by atoms with E-state index in [2.05, 4.69) is 30.9 Å². The van der Waals surface area contributed by atoms with Gasteiger partial charge in [0.05, 0.1) is 41.6 Å². The molecule has 3 aromatic heterocycles. The van der Waals surface area contributed by atoms with Gasteiger partial charge in [0, 0.05) is 18.9 Å². The number of aromatic nitrogens is 3. The molecule has 9 nitrogen and oxygen atoms in total. The predicted octanol–water partition coefficient (Wildman–Crippen LogP) is 3.21. The molecule has 0 radical (unpaired) electrons. The number of amides is 1. The molecular weight excluding hydrogens is 466 g/mol. The Kier molecular flexibility index (Phi) is 7.19. The highest BCUT2D eigenvalue weighted by Crippen LogP contribution is 2.26. The van der Waals surface area contributed by atoms with Crippen LogP contribution in [0.1, 0.15) is 30.6 Å². The molecule has 1 amide bonds. The molecule has 0 aromatic carbocycles. The smallest absolute Gasteiger partial charge is 0.255 e. The maximum atomic E-state index is 14.4. The summed E-state index contributed by atoms with van der Waals surface area (Å²) in [5.74, 6) is 0.324. The number of aliphatic hydroxyl groups is 1. The van der Waals surface area contributed by atoms with E-state index in [4.69, 9.17) is 4.74 Å². The summed E-state index contributed by atoms with van der Waals surface area (Å²) < 4.78 is 33.7. The van der Waals surface area contributed by atoms with Crippen molar-refractivity contribution in [3.63, 3.8) is 0 Å². The van der Waals surface area contributed by atoms with Gasteiger partial charge < -0.3 is 25.8 Å². The maximum Gasteiger partial charge on any atom is 0.255 e. The number of carbonyl (C=O) groups is 1. The third kappa shape index (κ3) is 5.75. The van der Waals surface area contributed by atoms with Crippen molar-refractivity contribution in [3.05, 3.63) is 35.5 Å². The van der Waals surface area contributed by atoms with Crippen LogP contribution in [0.25, 0.3) is 10.3 Å². The Morgan fingerprint density at radius 3 is 2.94 bits per heavy atom. The quantitative estimate of drug-likeness (QED) is 0.378. The van der Waals surface area contributed by atoms with Crippen molar-refractivity contribution in [2.75, 3.05) is 30.4 Å². The van der Waals surface area contributed by atoms with Crippen molar-refractivity contribution in [2.45, 2.75) is 44.3 Å². The summed E-state index contributed by atoms with van der Waals surface area (Å²) in [5.41, 5.74) is 1.34. The predicted molar refractivity (Wildman–Crippen MR) is 126 cm³/mol. The highest BCUT2D eigenvalue weighted by atomic mass is 32.1. The molecule has 0 saturated carbocycles. The third-order valence-corrected chi connectivity index (χ3v) is 6.17. The molecule has 182 valence electrons. The van der Waals surface area contributed by atoms with Crippen molar-refractivity contribution >= 4 is 44.9 Å². The van der Waals surface area contributed by atoms with Crippen LogP contribution in [-0.4, -0.2) is 69.7 Å². The summed E-state index contributed by atoms with van der Waals surface area (Å²) >= 11 is 1.40. The topological polar surface area (TPSA) is 121 Å². The van der Waals surface area contributed by atoms with Crippen molar-refractivity contribution in [2.24, 2.45) is 0 Å². The van der Waals surface area contributed by atoms with Crippen molar-refractivity contribution in [3.8, 4) is 0 Å². The van der Waals surface area contributed by atoms with E-state index >= 15 is 0 Å². The lowest BCUT2D eigenvalue weighted by atomic mass is 10.0. The maximum absolute atomic E-state index is 14.4. The number of fused-ring (bicyclic) bond motifs is 1. The number of hydrogen-bond donors (Lipinski definition) is 4. The molecule has 3 unspecified atom stereocenters. The second-order valence-electron chi connectivity index (χ2n) is 8.57. The fraction of sp³-hybridized carbons (Fsp3) is 0.455. The molecule has 1 aliphatic heterocycles. The van der Waals surface area contributed by atoms with Gasteiger partial charge in [-0.3, -0.25) is 4.79 Å². The van der Waals surface area contributed by atoms with Crippen LogP contribution in [0, 0.1) is 0 Å². The number of hydrogen-bond acceptors (Lipinski definition) is 9. The summed E-state index contributed by atoms with van der Waals surface area (Å²) in [7, 11) is 0. The number of ether oxygens (including phenoxy) is 1. The minimum absolute atomic E-state index is 0.0384. The molecule has 0 bridgehead atoms. The second kappa shape index (κ2) is 10.1. The van der Waals surface area contributed by atoms with Gasteiger partial charge in [-0.05, 0) is 32.4 Å². The van der Waals surface area contributed by atoms with Gasteiger partial charge in [-0.25, -0.2) is 23.7 Å². The van der Waals surface area contributed by atoms with Crippen molar-refractivity contribution in [1.82, 2.24) is 20.3 Å². The van der Waals surface area contributed by atoms with E-state index in [1.165, 1.54) is 31.4 Å². The summed E-state index contributed by atoms with van der Waals surface area (Å²) in [6, 6.07) is 4.60. The fourth-order valence-corrected chi connectivity index (χ4v) is 4.03. The number of alkyl halides is 2. The summed E-state index contributed by atoms with van der Waals surface area (Å²) in [5, 5.41) is 18.4. The van der Waals surface area contributed by atoms with E-state index in [9.17, 15) is 18.7 Å². The first-order valence-corrected chi connectivity index (χ1v) is 11.7. The Bertz CT molecular complexity index is 1160. The molecule has 12 heteroatoms. The lowest BCUT2D eigenvalue weighted by molar-refractivity contribution is -0.00177. The van der Waals surface area contributed by atoms with Gasteiger partial charge in [0.1, 0.15) is 34.3 Å². The standard InChI is InChI=1S/C22H26F2N6O3S/c1-22(2,32)17(24)9-26-20(31)12-8-25-19(7-16(12)28-14-5-6-33-10-13(14)23)29-18-4-3-15-21(30-18)34-11-27-15/h3-4,7-8,11,13-14,17,32H,5-6,9-10H2,1-2H3,(H,26,31)(H2,25,28,29,30). The average molecular weight is 493 g/mol. The Labute approximate surface area is 199 Å². The Morgan fingerprint density at radius 2 is 2.18 bits per heavy atom. The van der Waals surface area contributed by atoms with Gasteiger partial charge in [0.2, 0.25) is 0 Å². The highest BCUT2D eigenvalue weighted by molar-refractivity contribution is 7.16. The Morgan fingerprint density at radius 1 is 1.35 bits per heavy atom.